The molecule has 1 aliphatic carbocycles. The number of fused-ring (bicyclic) bond motifs is 1. The molecule has 1 saturated carbocycles. The molecule has 1 amide bonds. The number of H-pyrrole nitrogens is 1. The van der Waals surface area contributed by atoms with Crippen molar-refractivity contribution in [1.82, 2.24) is 14.0 Å². The van der Waals surface area contributed by atoms with Gasteiger partial charge in [-0.05, 0) is 79.0 Å². The first-order chi connectivity index (χ1) is 17.6. The number of aromatic nitrogens is 1. The normalized spacial score (nSPS) is 17.9. The second-order valence-electron chi connectivity index (χ2n) is 9.89. The second kappa shape index (κ2) is 9.86. The quantitative estimate of drug-likeness (QED) is 0.380. The maximum atomic E-state index is 12.4. The molecule has 1 saturated heterocycles. The van der Waals surface area contributed by atoms with Gasteiger partial charge < -0.3 is 10.7 Å². The molecule has 2 aromatic carbocycles. The summed E-state index contributed by atoms with van der Waals surface area (Å²) in [6, 6.07) is 11.4. The lowest BCUT2D eigenvalue weighted by Crippen LogP contribution is -2.38. The summed E-state index contributed by atoms with van der Waals surface area (Å²) in [5, 5.41) is 0.611. The Morgan fingerprint density at radius 1 is 1.05 bits per heavy atom. The molecular weight excluding hydrogens is 512 g/mol. The number of nitrogens with two attached hydrogens (primary N) is 1. The van der Waals surface area contributed by atoms with E-state index in [0.29, 0.717) is 49.9 Å². The van der Waals surface area contributed by atoms with E-state index in [1.807, 2.05) is 36.5 Å². The van der Waals surface area contributed by atoms with E-state index in [1.165, 1.54) is 0 Å². The van der Waals surface area contributed by atoms with E-state index in [9.17, 15) is 21.6 Å². The van der Waals surface area contributed by atoms with Crippen molar-refractivity contribution >= 4 is 36.9 Å². The van der Waals surface area contributed by atoms with E-state index in [1.54, 1.807) is 17.3 Å². The lowest BCUT2D eigenvalue weighted by Gasteiger charge is -2.31. The topological polar surface area (TPSA) is 142 Å². The van der Waals surface area contributed by atoms with Gasteiger partial charge in [-0.2, -0.15) is 0 Å². The number of piperidine rings is 1. The fraction of sp³-hybridized carbons (Fsp3) is 0.423. The van der Waals surface area contributed by atoms with Gasteiger partial charge in [0.05, 0.1) is 22.1 Å². The van der Waals surface area contributed by atoms with Gasteiger partial charge >= 0.3 is 0 Å². The van der Waals surface area contributed by atoms with Gasteiger partial charge in [-0.3, -0.25) is 4.79 Å². The van der Waals surface area contributed by atoms with Crippen LogP contribution < -0.4 is 10.5 Å². The molecule has 0 unspecified atom stereocenters. The highest BCUT2D eigenvalue weighted by Gasteiger charge is 2.35. The fourth-order valence-corrected chi connectivity index (χ4v) is 7.61. The first-order valence-corrected chi connectivity index (χ1v) is 15.7. The van der Waals surface area contributed by atoms with Crippen LogP contribution in [0.25, 0.3) is 22.0 Å². The van der Waals surface area contributed by atoms with Crippen molar-refractivity contribution in [3.8, 4) is 11.1 Å². The number of carbonyl (C=O) groups excluding carboxylic acids is 1. The molecule has 1 aliphatic heterocycles. The average molecular weight is 545 g/mol. The third kappa shape index (κ3) is 5.31. The third-order valence-electron chi connectivity index (χ3n) is 7.44. The van der Waals surface area contributed by atoms with Crippen LogP contribution in [0.1, 0.15) is 60.0 Å². The maximum Gasteiger partial charge on any atom is 0.250 e. The number of hydrogen-bond donors (Lipinski definition) is 3. The van der Waals surface area contributed by atoms with Gasteiger partial charge in [0.25, 0.3) is 5.91 Å². The zero-order chi connectivity index (χ0) is 26.4. The molecule has 2 heterocycles. The minimum absolute atomic E-state index is 0.0944. The number of aromatic amines is 1. The van der Waals surface area contributed by atoms with Crippen LogP contribution in [0.4, 0.5) is 0 Å². The van der Waals surface area contributed by atoms with Crippen LogP contribution in [0, 0.1) is 0 Å². The van der Waals surface area contributed by atoms with Crippen molar-refractivity contribution < 1.29 is 21.6 Å². The lowest BCUT2D eigenvalue weighted by atomic mass is 9.88. The Balaban J connectivity index is 1.45. The van der Waals surface area contributed by atoms with Gasteiger partial charge in [-0.15, -0.1) is 0 Å². The molecular formula is C26H32N4O5S2. The summed E-state index contributed by atoms with van der Waals surface area (Å²) >= 11 is 0. The fourth-order valence-electron chi connectivity index (χ4n) is 5.12. The summed E-state index contributed by atoms with van der Waals surface area (Å²) in [6.07, 6.45) is 4.70. The second-order valence-corrected chi connectivity index (χ2v) is 14.2. The monoisotopic (exact) mass is 544 g/mol. The number of benzene rings is 2. The van der Waals surface area contributed by atoms with Crippen LogP contribution in [0.5, 0.6) is 0 Å². The van der Waals surface area contributed by atoms with E-state index in [2.05, 4.69) is 9.71 Å². The molecule has 0 atom stereocenters. The van der Waals surface area contributed by atoms with Gasteiger partial charge in [0.2, 0.25) is 20.0 Å². The zero-order valence-electron chi connectivity index (χ0n) is 20.7. The van der Waals surface area contributed by atoms with Crippen molar-refractivity contribution in [2.75, 3.05) is 18.8 Å². The van der Waals surface area contributed by atoms with Gasteiger partial charge in [0.15, 0.2) is 0 Å². The van der Waals surface area contributed by atoms with Crippen molar-refractivity contribution in [3.05, 3.63) is 59.3 Å². The average Bonchev–Trinajstić information content (AvgIpc) is 3.68. The predicted octanol–water partition coefficient (Wildman–Crippen LogP) is 3.04. The van der Waals surface area contributed by atoms with Crippen LogP contribution in [0.2, 0.25) is 0 Å². The highest BCUT2D eigenvalue weighted by Crippen LogP contribution is 2.37. The highest BCUT2D eigenvalue weighted by molar-refractivity contribution is 7.90. The number of nitrogens with zero attached hydrogens (tertiary/aromatic N) is 1. The number of hydrogen-bond acceptors (Lipinski definition) is 5. The number of amides is 1. The van der Waals surface area contributed by atoms with E-state index >= 15 is 0 Å². The van der Waals surface area contributed by atoms with E-state index in [-0.39, 0.29) is 23.5 Å². The van der Waals surface area contributed by atoms with Crippen molar-refractivity contribution in [2.24, 2.45) is 5.73 Å². The first-order valence-electron chi connectivity index (χ1n) is 12.6. The Morgan fingerprint density at radius 3 is 2.43 bits per heavy atom. The Bertz CT molecular complexity index is 1550. The molecule has 198 valence electrons. The summed E-state index contributed by atoms with van der Waals surface area (Å²) in [6.45, 7) is 2.79. The summed E-state index contributed by atoms with van der Waals surface area (Å²) in [4.78, 5) is 15.6. The molecule has 5 rings (SSSR count). The summed E-state index contributed by atoms with van der Waals surface area (Å²) in [5.74, 6) is -0.300. The minimum atomic E-state index is -3.29. The number of rotatable bonds is 9. The smallest absolute Gasteiger partial charge is 0.250 e. The third-order valence-corrected chi connectivity index (χ3v) is 11.2. The zero-order valence-corrected chi connectivity index (χ0v) is 22.4. The number of primary amides is 1. The maximum absolute atomic E-state index is 12.4. The standard InChI is InChI=1S/C26H32N4O5S2/c1-2-36(32,33)30-10-8-18(9-11-30)24-16-28-25-22(24)13-20(14-23(25)26(27)31)19-5-3-4-17(12-19)15-29-37(34,35)21-6-7-21/h3-5,12-14,16,18,21,28-29H,2,6-11,15H2,1H3,(H2,27,31). The van der Waals surface area contributed by atoms with E-state index < -0.39 is 26.0 Å². The van der Waals surface area contributed by atoms with Crippen LogP contribution in [0.15, 0.2) is 42.6 Å². The molecule has 2 aliphatic rings. The molecule has 37 heavy (non-hydrogen) atoms. The molecule has 3 aromatic rings. The predicted molar refractivity (Wildman–Crippen MR) is 144 cm³/mol. The van der Waals surface area contributed by atoms with E-state index in [4.69, 9.17) is 5.73 Å². The van der Waals surface area contributed by atoms with Gasteiger partial charge in [-0.1, -0.05) is 18.2 Å². The lowest BCUT2D eigenvalue weighted by molar-refractivity contribution is 0.100. The van der Waals surface area contributed by atoms with E-state index in [0.717, 1.165) is 27.6 Å². The molecule has 9 nitrogen and oxygen atoms in total. The summed E-state index contributed by atoms with van der Waals surface area (Å²) < 4.78 is 53.3. The Labute approximate surface area is 217 Å². The molecule has 0 radical (unpaired) electrons. The van der Waals surface area contributed by atoms with Gasteiger partial charge in [0, 0.05) is 31.2 Å². The Kier molecular flexibility index (Phi) is 6.90. The van der Waals surface area contributed by atoms with Gasteiger partial charge in [-0.25, -0.2) is 25.9 Å². The number of nitrogens with one attached hydrogen (secondary N) is 2. The minimum Gasteiger partial charge on any atom is -0.366 e. The van der Waals surface area contributed by atoms with Crippen LogP contribution >= 0.6 is 0 Å². The van der Waals surface area contributed by atoms with Crippen LogP contribution in [-0.4, -0.2) is 56.1 Å². The Morgan fingerprint density at radius 2 is 1.78 bits per heavy atom. The number of sulfonamides is 2. The van der Waals surface area contributed by atoms with Crippen molar-refractivity contribution in [1.29, 1.82) is 0 Å². The summed E-state index contributed by atoms with van der Waals surface area (Å²) in [7, 11) is -6.51. The molecule has 11 heteroatoms. The molecule has 1 aromatic heterocycles. The SMILES string of the molecule is CCS(=O)(=O)N1CCC(c2c[nH]c3c(C(N)=O)cc(-c4cccc(CNS(=O)(=O)C5CC5)c4)cc23)CC1. The molecule has 0 bridgehead atoms. The summed E-state index contributed by atoms with van der Waals surface area (Å²) in [5.41, 5.74) is 10.3. The first kappa shape index (κ1) is 25.9. The van der Waals surface area contributed by atoms with Crippen LogP contribution in [0.3, 0.4) is 0 Å². The van der Waals surface area contributed by atoms with Crippen LogP contribution in [-0.2, 0) is 26.6 Å². The van der Waals surface area contributed by atoms with Crippen molar-refractivity contribution in [3.63, 3.8) is 0 Å². The molecule has 2 fully saturated rings. The van der Waals surface area contributed by atoms with Gasteiger partial charge in [0.1, 0.15) is 0 Å². The largest absolute Gasteiger partial charge is 0.366 e. The highest BCUT2D eigenvalue weighted by atomic mass is 32.2. The Hall–Kier alpha value is -2.73. The van der Waals surface area contributed by atoms with Crippen molar-refractivity contribution in [2.45, 2.75) is 50.3 Å². The molecule has 0 spiro atoms. The molecule has 4 N–H and O–H groups in total. The number of carbonyl (C=O) groups is 1.